The maximum Gasteiger partial charge on any atom is 0.311 e. The van der Waals surface area contributed by atoms with Gasteiger partial charge in [-0.05, 0) is 27.2 Å². The van der Waals surface area contributed by atoms with Crippen LogP contribution in [0.25, 0.3) is 0 Å². The van der Waals surface area contributed by atoms with Crippen molar-refractivity contribution >= 4 is 5.97 Å². The fourth-order valence-corrected chi connectivity index (χ4v) is 1.97. The monoisotopic (exact) mass is 289 g/mol. The highest BCUT2D eigenvalue weighted by molar-refractivity contribution is 5.76. The molecule has 2 N–H and O–H groups in total. The van der Waals surface area contributed by atoms with Gasteiger partial charge in [0.2, 0.25) is 0 Å². The fourth-order valence-electron chi connectivity index (χ4n) is 1.97. The Kier molecular flexibility index (Phi) is 5.16. The molecule has 1 aromatic rings. The van der Waals surface area contributed by atoms with E-state index < -0.39 is 40.4 Å². The molecule has 0 fully saturated rings. The van der Waals surface area contributed by atoms with Gasteiger partial charge in [-0.3, -0.25) is 4.79 Å². The third-order valence-corrected chi connectivity index (χ3v) is 2.97. The molecular weight excluding hydrogens is 271 g/mol. The van der Waals surface area contributed by atoms with Crippen LogP contribution >= 0.6 is 0 Å². The van der Waals surface area contributed by atoms with Gasteiger partial charge in [-0.15, -0.1) is 0 Å². The summed E-state index contributed by atoms with van der Waals surface area (Å²) in [6.45, 7) is 5.01. The summed E-state index contributed by atoms with van der Waals surface area (Å²) in [5.41, 5.74) is 4.33. The van der Waals surface area contributed by atoms with Gasteiger partial charge < -0.3 is 10.5 Å². The van der Waals surface area contributed by atoms with Crippen molar-refractivity contribution in [3.8, 4) is 0 Å². The normalized spacial score (nSPS) is 13.2. The zero-order valence-electron chi connectivity index (χ0n) is 11.7. The summed E-state index contributed by atoms with van der Waals surface area (Å²) in [7, 11) is 0. The lowest BCUT2D eigenvalue weighted by atomic mass is 9.83. The lowest BCUT2D eigenvalue weighted by Gasteiger charge is -2.26. The highest BCUT2D eigenvalue weighted by Gasteiger charge is 2.33. The topological polar surface area (TPSA) is 52.3 Å². The van der Waals surface area contributed by atoms with Crippen molar-refractivity contribution in [2.75, 3.05) is 6.61 Å². The SMILES string of the molecule is CCOC(=O)C(C)(C)CC(N)c1c(F)cc(F)cc1F. The minimum atomic E-state index is -1.07. The highest BCUT2D eigenvalue weighted by Crippen LogP contribution is 2.32. The number of esters is 1. The minimum Gasteiger partial charge on any atom is -0.466 e. The molecule has 1 rings (SSSR count). The van der Waals surface area contributed by atoms with E-state index in [0.29, 0.717) is 12.1 Å². The van der Waals surface area contributed by atoms with Gasteiger partial charge in [-0.25, -0.2) is 13.2 Å². The van der Waals surface area contributed by atoms with Crippen molar-refractivity contribution < 1.29 is 22.7 Å². The van der Waals surface area contributed by atoms with Crippen molar-refractivity contribution in [1.82, 2.24) is 0 Å². The van der Waals surface area contributed by atoms with Crippen molar-refractivity contribution in [2.45, 2.75) is 33.2 Å². The molecule has 0 aliphatic carbocycles. The molecule has 0 aromatic heterocycles. The summed E-state index contributed by atoms with van der Waals surface area (Å²) in [6, 6.07) is 0.0562. The van der Waals surface area contributed by atoms with Crippen molar-refractivity contribution in [2.24, 2.45) is 11.1 Å². The minimum absolute atomic E-state index is 0.0225. The summed E-state index contributed by atoms with van der Waals surface area (Å²) in [6.07, 6.45) is -0.0225. The first-order valence-corrected chi connectivity index (χ1v) is 6.26. The van der Waals surface area contributed by atoms with Crippen LogP contribution in [0.4, 0.5) is 13.2 Å². The van der Waals surface area contributed by atoms with Gasteiger partial charge >= 0.3 is 5.97 Å². The molecule has 0 radical (unpaired) electrons. The molecule has 0 bridgehead atoms. The first-order chi connectivity index (χ1) is 9.19. The number of hydrogen-bond acceptors (Lipinski definition) is 3. The molecule has 0 aliphatic heterocycles. The van der Waals surface area contributed by atoms with E-state index in [9.17, 15) is 18.0 Å². The summed E-state index contributed by atoms with van der Waals surface area (Å²) in [5, 5.41) is 0. The number of benzene rings is 1. The number of nitrogens with two attached hydrogens (primary N) is 1. The third-order valence-electron chi connectivity index (χ3n) is 2.97. The molecule has 0 spiro atoms. The molecule has 6 heteroatoms. The molecule has 1 atom stereocenters. The van der Waals surface area contributed by atoms with Crippen LogP contribution in [-0.2, 0) is 9.53 Å². The van der Waals surface area contributed by atoms with Crippen LogP contribution < -0.4 is 5.73 Å². The van der Waals surface area contributed by atoms with Crippen LogP contribution in [0.15, 0.2) is 12.1 Å². The van der Waals surface area contributed by atoms with E-state index in [1.54, 1.807) is 20.8 Å². The second kappa shape index (κ2) is 6.26. The Hall–Kier alpha value is -1.56. The molecule has 0 saturated heterocycles. The molecule has 0 amide bonds. The maximum atomic E-state index is 13.6. The number of rotatable bonds is 5. The number of hydrogen-bond donors (Lipinski definition) is 1. The summed E-state index contributed by atoms with van der Waals surface area (Å²) in [4.78, 5) is 11.7. The zero-order chi connectivity index (χ0) is 15.5. The van der Waals surface area contributed by atoms with Crippen molar-refractivity contribution in [1.29, 1.82) is 0 Å². The Morgan fingerprint density at radius 2 is 1.80 bits per heavy atom. The summed E-state index contributed by atoms with van der Waals surface area (Å²) >= 11 is 0. The molecule has 0 saturated carbocycles. The largest absolute Gasteiger partial charge is 0.466 e. The predicted octanol–water partition coefficient (Wildman–Crippen LogP) is 3.08. The molecule has 3 nitrogen and oxygen atoms in total. The van der Waals surface area contributed by atoms with Crippen LogP contribution in [0, 0.1) is 22.9 Å². The average molecular weight is 289 g/mol. The highest BCUT2D eigenvalue weighted by atomic mass is 19.1. The zero-order valence-corrected chi connectivity index (χ0v) is 11.7. The molecule has 0 heterocycles. The molecule has 20 heavy (non-hydrogen) atoms. The second-order valence-corrected chi connectivity index (χ2v) is 5.20. The van der Waals surface area contributed by atoms with Crippen molar-refractivity contribution in [3.05, 3.63) is 35.1 Å². The van der Waals surface area contributed by atoms with Gasteiger partial charge in [0.05, 0.1) is 12.0 Å². The van der Waals surface area contributed by atoms with E-state index >= 15 is 0 Å². The Labute approximate surface area is 115 Å². The summed E-state index contributed by atoms with van der Waals surface area (Å²) in [5.74, 6) is -3.64. The van der Waals surface area contributed by atoms with E-state index in [2.05, 4.69) is 0 Å². The van der Waals surface area contributed by atoms with E-state index in [-0.39, 0.29) is 13.0 Å². The lowest BCUT2D eigenvalue weighted by molar-refractivity contribution is -0.154. The summed E-state index contributed by atoms with van der Waals surface area (Å²) < 4.78 is 44.9. The predicted molar refractivity (Wildman–Crippen MR) is 68.3 cm³/mol. The Balaban J connectivity index is 2.97. The number of carbonyl (C=O) groups is 1. The first kappa shape index (κ1) is 16.5. The molecule has 1 aromatic carbocycles. The van der Waals surface area contributed by atoms with Gasteiger partial charge in [0.15, 0.2) is 0 Å². The van der Waals surface area contributed by atoms with Crippen LogP contribution in [0.2, 0.25) is 0 Å². The van der Waals surface area contributed by atoms with Crippen LogP contribution in [0.1, 0.15) is 38.8 Å². The average Bonchev–Trinajstić information content (AvgIpc) is 2.26. The van der Waals surface area contributed by atoms with Crippen LogP contribution in [0.5, 0.6) is 0 Å². The third kappa shape index (κ3) is 3.72. The Bertz CT molecular complexity index is 480. The standard InChI is InChI=1S/C14H18F3NO2/c1-4-20-13(19)14(2,3)7-11(18)12-9(16)5-8(15)6-10(12)17/h5-6,11H,4,7,18H2,1-3H3. The van der Waals surface area contributed by atoms with Gasteiger partial charge in [-0.2, -0.15) is 0 Å². The van der Waals surface area contributed by atoms with Crippen LogP contribution in [0.3, 0.4) is 0 Å². The van der Waals surface area contributed by atoms with Gasteiger partial charge in [0.25, 0.3) is 0 Å². The van der Waals surface area contributed by atoms with E-state index in [0.717, 1.165) is 0 Å². The van der Waals surface area contributed by atoms with Gasteiger partial charge in [-0.1, -0.05) is 0 Å². The molecule has 0 aliphatic rings. The number of ether oxygens (including phenoxy) is 1. The van der Waals surface area contributed by atoms with Gasteiger partial charge in [0, 0.05) is 23.7 Å². The number of carbonyl (C=O) groups excluding carboxylic acids is 1. The quantitative estimate of drug-likeness (QED) is 0.847. The van der Waals surface area contributed by atoms with Crippen LogP contribution in [-0.4, -0.2) is 12.6 Å². The van der Waals surface area contributed by atoms with E-state index in [1.807, 2.05) is 0 Å². The Morgan fingerprint density at radius 1 is 1.30 bits per heavy atom. The Morgan fingerprint density at radius 3 is 2.25 bits per heavy atom. The fraction of sp³-hybridized carbons (Fsp3) is 0.500. The smallest absolute Gasteiger partial charge is 0.311 e. The van der Waals surface area contributed by atoms with E-state index in [4.69, 9.17) is 10.5 Å². The maximum absolute atomic E-state index is 13.6. The molecular formula is C14H18F3NO2. The lowest BCUT2D eigenvalue weighted by Crippen LogP contribution is -2.31. The molecule has 112 valence electrons. The second-order valence-electron chi connectivity index (χ2n) is 5.20. The van der Waals surface area contributed by atoms with E-state index in [1.165, 1.54) is 0 Å². The number of halogens is 3. The van der Waals surface area contributed by atoms with Crippen molar-refractivity contribution in [3.63, 3.8) is 0 Å². The first-order valence-electron chi connectivity index (χ1n) is 6.26. The van der Waals surface area contributed by atoms with Gasteiger partial charge in [0.1, 0.15) is 17.5 Å². The molecule has 1 unspecified atom stereocenters.